The summed E-state index contributed by atoms with van der Waals surface area (Å²) in [6.45, 7) is 0. The zero-order valence-electron chi connectivity index (χ0n) is 15.6. The van der Waals surface area contributed by atoms with Crippen LogP contribution < -0.4 is 0 Å². The van der Waals surface area contributed by atoms with Crippen molar-refractivity contribution >= 4 is 33.3 Å². The van der Waals surface area contributed by atoms with Gasteiger partial charge in [0.25, 0.3) is 0 Å². The molecule has 0 aliphatic heterocycles. The van der Waals surface area contributed by atoms with Gasteiger partial charge in [-0.05, 0) is 30.3 Å². The SMILES string of the molecule is Fc1ccc(-c2nccc3[nH]c(-c4n[nH]c5cnc(-c6cccnc6)c(F)c45)nc23)s1. The highest BCUT2D eigenvalue weighted by Crippen LogP contribution is 2.35. The molecule has 7 nitrogen and oxygen atoms in total. The summed E-state index contributed by atoms with van der Waals surface area (Å²) in [7, 11) is 0. The van der Waals surface area contributed by atoms with Crippen molar-refractivity contribution in [3.63, 3.8) is 0 Å². The molecule has 6 aromatic rings. The Morgan fingerprint density at radius 2 is 1.81 bits per heavy atom. The van der Waals surface area contributed by atoms with Gasteiger partial charge in [0.05, 0.1) is 27.5 Å². The Bertz CT molecular complexity index is 1570. The Morgan fingerprint density at radius 3 is 2.61 bits per heavy atom. The summed E-state index contributed by atoms with van der Waals surface area (Å²) in [4.78, 5) is 21.1. The summed E-state index contributed by atoms with van der Waals surface area (Å²) in [5.41, 5.74) is 3.29. The third kappa shape index (κ3) is 2.80. The van der Waals surface area contributed by atoms with Crippen LogP contribution in [0.25, 0.3) is 55.3 Å². The number of fused-ring (bicyclic) bond motifs is 2. The summed E-state index contributed by atoms with van der Waals surface area (Å²) >= 11 is 0.988. The molecule has 6 heterocycles. The van der Waals surface area contributed by atoms with Gasteiger partial charge in [0, 0.05) is 24.2 Å². The van der Waals surface area contributed by atoms with E-state index >= 15 is 4.39 Å². The predicted octanol–water partition coefficient (Wildman–Crippen LogP) is 4.96. The van der Waals surface area contributed by atoms with E-state index in [1.807, 2.05) is 0 Å². The lowest BCUT2D eigenvalue weighted by Gasteiger charge is -2.03. The van der Waals surface area contributed by atoms with E-state index in [9.17, 15) is 4.39 Å². The predicted molar refractivity (Wildman–Crippen MR) is 113 cm³/mol. The molecule has 10 heteroatoms. The zero-order chi connectivity index (χ0) is 20.9. The molecule has 0 aliphatic rings. The normalized spacial score (nSPS) is 11.5. The van der Waals surface area contributed by atoms with Gasteiger partial charge in [0.15, 0.2) is 16.8 Å². The minimum Gasteiger partial charge on any atom is -0.336 e. The second-order valence-electron chi connectivity index (χ2n) is 6.77. The van der Waals surface area contributed by atoms with E-state index in [0.717, 1.165) is 11.3 Å². The summed E-state index contributed by atoms with van der Waals surface area (Å²) in [6, 6.07) is 8.26. The van der Waals surface area contributed by atoms with Crippen LogP contribution in [0, 0.1) is 10.9 Å². The van der Waals surface area contributed by atoms with Crippen LogP contribution in [0.5, 0.6) is 0 Å². The molecular weight excluding hydrogens is 420 g/mol. The second-order valence-corrected chi connectivity index (χ2v) is 7.80. The first kappa shape index (κ1) is 17.8. The van der Waals surface area contributed by atoms with Crippen molar-refractivity contribution in [3.05, 3.63) is 66.1 Å². The van der Waals surface area contributed by atoms with E-state index in [-0.39, 0.29) is 16.2 Å². The van der Waals surface area contributed by atoms with Crippen molar-refractivity contribution < 1.29 is 8.78 Å². The summed E-state index contributed by atoms with van der Waals surface area (Å²) in [5, 5.41) is 7.04. The molecule has 0 saturated carbocycles. The largest absolute Gasteiger partial charge is 0.336 e. The minimum atomic E-state index is -0.520. The van der Waals surface area contributed by atoms with Crippen molar-refractivity contribution in [3.8, 4) is 33.3 Å². The molecule has 0 amide bonds. The fourth-order valence-electron chi connectivity index (χ4n) is 3.52. The Hall–Kier alpha value is -4.05. The Kier molecular flexibility index (Phi) is 3.87. The van der Waals surface area contributed by atoms with E-state index < -0.39 is 5.82 Å². The lowest BCUT2D eigenvalue weighted by molar-refractivity contribution is 0.638. The molecule has 0 aromatic carbocycles. The molecule has 0 radical (unpaired) electrons. The second kappa shape index (κ2) is 6.74. The molecule has 0 fully saturated rings. The smallest absolute Gasteiger partial charge is 0.177 e. The molecule has 0 atom stereocenters. The van der Waals surface area contributed by atoms with Gasteiger partial charge in [-0.3, -0.25) is 20.1 Å². The van der Waals surface area contributed by atoms with Gasteiger partial charge in [0.1, 0.15) is 22.6 Å². The standard InChI is InChI=1S/C21H11F2N7S/c22-14-4-3-13(31-14)19-18-11(5-7-25-19)27-21(28-18)20-15-12(29-30-20)9-26-17(16(15)23)10-2-1-6-24-8-10/h1-9H,(H,27,28)(H,29,30). The third-order valence-electron chi connectivity index (χ3n) is 4.91. The maximum atomic E-state index is 15.5. The minimum absolute atomic E-state index is 0.177. The number of nitrogens with one attached hydrogen (secondary N) is 2. The van der Waals surface area contributed by atoms with Gasteiger partial charge < -0.3 is 4.98 Å². The van der Waals surface area contributed by atoms with Gasteiger partial charge in [-0.15, -0.1) is 11.3 Å². The average Bonchev–Trinajstić information content (AvgIpc) is 3.52. The molecule has 6 aromatic heterocycles. The molecule has 2 N–H and O–H groups in total. The highest BCUT2D eigenvalue weighted by Gasteiger charge is 2.21. The first-order chi connectivity index (χ1) is 15.2. The quantitative estimate of drug-likeness (QED) is 0.413. The number of hydrogen-bond acceptors (Lipinski definition) is 6. The van der Waals surface area contributed by atoms with Gasteiger partial charge in [-0.25, -0.2) is 9.37 Å². The number of imidazole rings is 1. The average molecular weight is 431 g/mol. The number of aromatic nitrogens is 7. The number of pyridine rings is 3. The summed E-state index contributed by atoms with van der Waals surface area (Å²) < 4.78 is 29.0. The number of halogens is 2. The fraction of sp³-hybridized carbons (Fsp3) is 0. The van der Waals surface area contributed by atoms with Crippen molar-refractivity contribution in [2.24, 2.45) is 0 Å². The highest BCUT2D eigenvalue weighted by molar-refractivity contribution is 7.13. The molecule has 0 unspecified atom stereocenters. The van der Waals surface area contributed by atoms with Crippen LogP contribution in [-0.2, 0) is 0 Å². The lowest BCUT2D eigenvalue weighted by atomic mass is 10.1. The summed E-state index contributed by atoms with van der Waals surface area (Å²) in [5.74, 6) is -0.150. The molecule has 0 saturated heterocycles. The third-order valence-corrected chi connectivity index (χ3v) is 5.79. The highest BCUT2D eigenvalue weighted by atomic mass is 32.1. The van der Waals surface area contributed by atoms with Crippen LogP contribution in [0.15, 0.2) is 55.1 Å². The fourth-order valence-corrected chi connectivity index (χ4v) is 4.25. The molecule has 0 aliphatic carbocycles. The topological polar surface area (TPSA) is 96.0 Å². The van der Waals surface area contributed by atoms with Crippen LogP contribution in [0.3, 0.4) is 0 Å². The molecule has 31 heavy (non-hydrogen) atoms. The van der Waals surface area contributed by atoms with Crippen LogP contribution in [-0.4, -0.2) is 35.1 Å². The molecular formula is C21H11F2N7S. The van der Waals surface area contributed by atoms with E-state index in [0.29, 0.717) is 44.2 Å². The lowest BCUT2D eigenvalue weighted by Crippen LogP contribution is -1.92. The number of rotatable bonds is 3. The van der Waals surface area contributed by atoms with Crippen molar-refractivity contribution in [1.82, 2.24) is 35.1 Å². The monoisotopic (exact) mass is 431 g/mol. The van der Waals surface area contributed by atoms with Crippen LogP contribution in [0.2, 0.25) is 0 Å². The maximum Gasteiger partial charge on any atom is 0.177 e. The Balaban J connectivity index is 1.56. The number of thiophene rings is 1. The Morgan fingerprint density at radius 1 is 0.871 bits per heavy atom. The van der Waals surface area contributed by atoms with Crippen molar-refractivity contribution in [1.29, 1.82) is 0 Å². The first-order valence-corrected chi connectivity index (χ1v) is 10.0. The van der Waals surface area contributed by atoms with E-state index in [1.165, 1.54) is 12.3 Å². The molecule has 0 spiro atoms. The number of nitrogens with zero attached hydrogens (tertiary/aromatic N) is 5. The first-order valence-electron chi connectivity index (χ1n) is 9.23. The molecule has 6 rings (SSSR count). The number of hydrogen-bond donors (Lipinski definition) is 2. The van der Waals surface area contributed by atoms with Gasteiger partial charge >= 0.3 is 0 Å². The molecule has 0 bridgehead atoms. The number of H-pyrrole nitrogens is 2. The van der Waals surface area contributed by atoms with E-state index in [4.69, 9.17) is 0 Å². The molecule has 150 valence electrons. The van der Waals surface area contributed by atoms with E-state index in [1.54, 1.807) is 42.9 Å². The van der Waals surface area contributed by atoms with Crippen molar-refractivity contribution in [2.45, 2.75) is 0 Å². The maximum absolute atomic E-state index is 15.5. The van der Waals surface area contributed by atoms with Crippen LogP contribution >= 0.6 is 11.3 Å². The van der Waals surface area contributed by atoms with E-state index in [2.05, 4.69) is 35.1 Å². The zero-order valence-corrected chi connectivity index (χ0v) is 16.4. The van der Waals surface area contributed by atoms with Gasteiger partial charge in [0.2, 0.25) is 0 Å². The summed E-state index contributed by atoms with van der Waals surface area (Å²) in [6.07, 6.45) is 6.31. The van der Waals surface area contributed by atoms with Crippen LogP contribution in [0.4, 0.5) is 8.78 Å². The Labute approximate surface area is 176 Å². The number of aromatic amines is 2. The van der Waals surface area contributed by atoms with Gasteiger partial charge in [-0.1, -0.05) is 0 Å². The van der Waals surface area contributed by atoms with Gasteiger partial charge in [-0.2, -0.15) is 9.49 Å². The van der Waals surface area contributed by atoms with Crippen LogP contribution in [0.1, 0.15) is 0 Å². The van der Waals surface area contributed by atoms with Crippen molar-refractivity contribution in [2.75, 3.05) is 0 Å².